The maximum Gasteiger partial charge on any atom is 0.339 e. The van der Waals surface area contributed by atoms with Gasteiger partial charge >= 0.3 is 7.60 Å². The van der Waals surface area contributed by atoms with Crippen molar-refractivity contribution in [1.29, 1.82) is 0 Å². The Morgan fingerprint density at radius 1 is 1.33 bits per heavy atom. The van der Waals surface area contributed by atoms with Gasteiger partial charge in [-0.2, -0.15) is 0 Å². The fourth-order valence-corrected chi connectivity index (χ4v) is 2.46. The van der Waals surface area contributed by atoms with Crippen molar-refractivity contribution in [2.24, 2.45) is 0 Å². The summed E-state index contributed by atoms with van der Waals surface area (Å²) in [6.45, 7) is 3.82. The van der Waals surface area contributed by atoms with Crippen LogP contribution in [0.1, 0.15) is 13.8 Å². The third-order valence-electron chi connectivity index (χ3n) is 0.970. The average Bonchev–Trinajstić information content (AvgIpc) is 1.85. The van der Waals surface area contributed by atoms with E-state index in [2.05, 4.69) is 0 Å². The predicted molar refractivity (Wildman–Crippen MR) is 46.6 cm³/mol. The van der Waals surface area contributed by atoms with Crippen LogP contribution in [0, 0.1) is 0 Å². The van der Waals surface area contributed by atoms with Crippen LogP contribution in [0.3, 0.4) is 0 Å². The number of rotatable bonds is 6. The Hall–Kier alpha value is 0.110. The van der Waals surface area contributed by atoms with Crippen LogP contribution in [0.2, 0.25) is 0 Å². The van der Waals surface area contributed by atoms with E-state index in [1.54, 1.807) is 13.8 Å². The van der Waals surface area contributed by atoms with Crippen LogP contribution in [-0.4, -0.2) is 24.6 Å². The monoisotopic (exact) mass is 214 g/mol. The van der Waals surface area contributed by atoms with Gasteiger partial charge in [0.05, 0.1) is 13.2 Å². The van der Waals surface area contributed by atoms with Gasteiger partial charge in [0.2, 0.25) is 5.24 Å². The van der Waals surface area contributed by atoms with Gasteiger partial charge in [0, 0.05) is 0 Å². The molecule has 0 aliphatic heterocycles. The third-order valence-corrected chi connectivity index (χ3v) is 3.27. The van der Waals surface area contributed by atoms with Crippen LogP contribution in [-0.2, 0) is 18.4 Å². The van der Waals surface area contributed by atoms with Gasteiger partial charge in [0.1, 0.15) is 6.16 Å². The zero-order valence-corrected chi connectivity index (χ0v) is 8.73. The van der Waals surface area contributed by atoms with Gasteiger partial charge in [-0.25, -0.2) is 0 Å². The molecule has 12 heavy (non-hydrogen) atoms. The molecule has 0 saturated carbocycles. The first kappa shape index (κ1) is 12.1. The Kier molecular flexibility index (Phi) is 5.76. The summed E-state index contributed by atoms with van der Waals surface area (Å²) in [6, 6.07) is 0. The molecule has 0 amide bonds. The molecule has 4 nitrogen and oxygen atoms in total. The topological polar surface area (TPSA) is 52.6 Å². The lowest BCUT2D eigenvalue weighted by Crippen LogP contribution is -2.04. The first-order chi connectivity index (χ1) is 5.54. The lowest BCUT2D eigenvalue weighted by molar-refractivity contribution is -0.109. The van der Waals surface area contributed by atoms with E-state index >= 15 is 0 Å². The highest BCUT2D eigenvalue weighted by atomic mass is 35.5. The van der Waals surface area contributed by atoms with Crippen LogP contribution in [0.4, 0.5) is 0 Å². The minimum atomic E-state index is -3.26. The van der Waals surface area contributed by atoms with E-state index in [0.717, 1.165) is 0 Å². The summed E-state index contributed by atoms with van der Waals surface area (Å²) in [5.41, 5.74) is 0. The Morgan fingerprint density at radius 3 is 2.00 bits per heavy atom. The van der Waals surface area contributed by atoms with E-state index in [0.29, 0.717) is 0 Å². The fraction of sp³-hybridized carbons (Fsp3) is 0.833. The molecule has 6 heteroatoms. The molecule has 0 spiro atoms. The van der Waals surface area contributed by atoms with Crippen LogP contribution in [0.5, 0.6) is 0 Å². The summed E-state index contributed by atoms with van der Waals surface area (Å²) < 4.78 is 21.1. The molecule has 72 valence electrons. The van der Waals surface area contributed by atoms with Crippen LogP contribution < -0.4 is 0 Å². The fourth-order valence-electron chi connectivity index (χ4n) is 0.674. The molecule has 0 aliphatic rings. The molecule has 0 atom stereocenters. The van der Waals surface area contributed by atoms with Crippen LogP contribution in [0.25, 0.3) is 0 Å². The summed E-state index contributed by atoms with van der Waals surface area (Å²) in [5, 5.41) is -0.708. The van der Waals surface area contributed by atoms with E-state index < -0.39 is 12.8 Å². The van der Waals surface area contributed by atoms with Crippen molar-refractivity contribution < 1.29 is 18.4 Å². The second kappa shape index (κ2) is 5.70. The molecule has 0 aliphatic carbocycles. The molecular weight excluding hydrogens is 202 g/mol. The zero-order chi connectivity index (χ0) is 9.61. The molecule has 0 rings (SSSR count). The van der Waals surface area contributed by atoms with Gasteiger partial charge in [-0.3, -0.25) is 9.36 Å². The van der Waals surface area contributed by atoms with Gasteiger partial charge in [-0.15, -0.1) is 0 Å². The highest BCUT2D eigenvalue weighted by Gasteiger charge is 2.26. The molecule has 0 aromatic rings. The summed E-state index contributed by atoms with van der Waals surface area (Å²) in [5.74, 6) is 0. The minimum absolute atomic E-state index is 0.238. The molecule has 0 heterocycles. The van der Waals surface area contributed by atoms with Crippen LogP contribution >= 0.6 is 19.2 Å². The van der Waals surface area contributed by atoms with E-state index in [-0.39, 0.29) is 19.4 Å². The highest BCUT2D eigenvalue weighted by Crippen LogP contribution is 2.47. The van der Waals surface area contributed by atoms with Crippen molar-refractivity contribution in [2.45, 2.75) is 13.8 Å². The maximum atomic E-state index is 11.5. The number of halogens is 1. The van der Waals surface area contributed by atoms with E-state index in [9.17, 15) is 9.36 Å². The Balaban J connectivity index is 4.18. The Bertz CT molecular complexity index is 184. The van der Waals surface area contributed by atoms with E-state index in [1.165, 1.54) is 0 Å². The molecule has 0 aromatic carbocycles. The van der Waals surface area contributed by atoms with Crippen LogP contribution in [0.15, 0.2) is 0 Å². The lowest BCUT2D eigenvalue weighted by atomic mass is 10.9. The molecule has 0 unspecified atom stereocenters. The Morgan fingerprint density at radius 2 is 1.75 bits per heavy atom. The van der Waals surface area contributed by atoms with E-state index in [1.807, 2.05) is 0 Å². The molecular formula is C6H12ClO4P. The van der Waals surface area contributed by atoms with E-state index in [4.69, 9.17) is 20.6 Å². The second-order valence-corrected chi connectivity index (χ2v) is 4.44. The summed E-state index contributed by atoms with van der Waals surface area (Å²) in [4.78, 5) is 10.4. The first-order valence-electron chi connectivity index (χ1n) is 3.60. The van der Waals surface area contributed by atoms with Gasteiger partial charge in [-0.05, 0) is 25.4 Å². The molecule has 0 aromatic heterocycles. The van der Waals surface area contributed by atoms with Gasteiger partial charge in [0.15, 0.2) is 0 Å². The minimum Gasteiger partial charge on any atom is -0.309 e. The van der Waals surface area contributed by atoms with Crippen molar-refractivity contribution >= 4 is 24.4 Å². The quantitative estimate of drug-likeness (QED) is 0.501. The first-order valence-corrected chi connectivity index (χ1v) is 5.71. The normalized spacial score (nSPS) is 11.6. The number of carbonyl (C=O) groups is 1. The SMILES string of the molecule is CCOP(=O)(CC(=O)Cl)OCC. The molecule has 0 saturated heterocycles. The molecule has 0 bridgehead atoms. The average molecular weight is 215 g/mol. The maximum absolute atomic E-state index is 11.5. The highest BCUT2D eigenvalue weighted by molar-refractivity contribution is 7.55. The predicted octanol–water partition coefficient (Wildman–Crippen LogP) is 2.02. The van der Waals surface area contributed by atoms with Gasteiger partial charge in [-0.1, -0.05) is 0 Å². The standard InChI is InChI=1S/C6H12ClO4P/c1-3-10-12(9,11-4-2)5-6(7)8/h3-5H2,1-2H3. The largest absolute Gasteiger partial charge is 0.339 e. The Labute approximate surface area is 76.7 Å². The van der Waals surface area contributed by atoms with Crippen molar-refractivity contribution in [1.82, 2.24) is 0 Å². The molecule has 0 N–H and O–H groups in total. The summed E-state index contributed by atoms with van der Waals surface area (Å²) in [6.07, 6.45) is -0.365. The van der Waals surface area contributed by atoms with Crippen molar-refractivity contribution in [3.8, 4) is 0 Å². The van der Waals surface area contributed by atoms with Crippen molar-refractivity contribution in [3.05, 3.63) is 0 Å². The van der Waals surface area contributed by atoms with Crippen molar-refractivity contribution in [2.75, 3.05) is 19.4 Å². The summed E-state index contributed by atoms with van der Waals surface area (Å²) >= 11 is 5.06. The number of hydrogen-bond acceptors (Lipinski definition) is 4. The van der Waals surface area contributed by atoms with Gasteiger partial charge in [0.25, 0.3) is 0 Å². The zero-order valence-electron chi connectivity index (χ0n) is 7.08. The molecule has 0 fully saturated rings. The van der Waals surface area contributed by atoms with Crippen molar-refractivity contribution in [3.63, 3.8) is 0 Å². The molecule has 0 radical (unpaired) electrons. The third kappa shape index (κ3) is 4.88. The number of hydrogen-bond donors (Lipinski definition) is 0. The second-order valence-electron chi connectivity index (χ2n) is 1.96. The lowest BCUT2D eigenvalue weighted by Gasteiger charge is -2.14. The summed E-state index contributed by atoms with van der Waals surface area (Å²) in [7, 11) is -3.26. The number of carbonyl (C=O) groups excluding carboxylic acids is 1. The van der Waals surface area contributed by atoms with Gasteiger partial charge < -0.3 is 9.05 Å². The smallest absolute Gasteiger partial charge is 0.309 e.